The first-order valence-electron chi connectivity index (χ1n) is 7.33. The van der Waals surface area contributed by atoms with Crippen molar-refractivity contribution in [3.63, 3.8) is 0 Å². The Kier molecular flexibility index (Phi) is 5.73. The molecule has 0 bridgehead atoms. The zero-order valence-corrected chi connectivity index (χ0v) is 13.7. The van der Waals surface area contributed by atoms with Crippen molar-refractivity contribution < 1.29 is 18.7 Å². The number of aliphatic hydroxyl groups excluding tert-OH is 1. The van der Waals surface area contributed by atoms with E-state index in [4.69, 9.17) is 14.8 Å². The van der Waals surface area contributed by atoms with Gasteiger partial charge in [-0.3, -0.25) is 4.57 Å². The van der Waals surface area contributed by atoms with Crippen LogP contribution < -0.4 is 5.73 Å². The average Bonchev–Trinajstić information content (AvgIpc) is 2.53. The molecule has 0 aromatic heterocycles. The summed E-state index contributed by atoms with van der Waals surface area (Å²) in [6.45, 7) is 3.75. The highest BCUT2D eigenvalue weighted by atomic mass is 31.2. The lowest BCUT2D eigenvalue weighted by atomic mass is 10.0. The summed E-state index contributed by atoms with van der Waals surface area (Å²) in [4.78, 5) is 0. The van der Waals surface area contributed by atoms with Crippen molar-refractivity contribution in [2.24, 2.45) is 5.73 Å². The van der Waals surface area contributed by atoms with E-state index in [1.165, 1.54) is 0 Å². The van der Waals surface area contributed by atoms with Crippen molar-refractivity contribution in [1.29, 1.82) is 0 Å². The number of fused-ring (bicyclic) bond motifs is 1. The SMILES string of the molecule is CCOP(=O)(OCC)C(O)C(N)c1ccc2ccccc2c1. The van der Waals surface area contributed by atoms with E-state index in [9.17, 15) is 9.67 Å². The normalized spacial score (nSPS) is 14.9. The Morgan fingerprint density at radius 3 is 2.27 bits per heavy atom. The third kappa shape index (κ3) is 3.57. The summed E-state index contributed by atoms with van der Waals surface area (Å²) in [6, 6.07) is 12.6. The van der Waals surface area contributed by atoms with Gasteiger partial charge < -0.3 is 19.9 Å². The molecule has 0 saturated carbocycles. The summed E-state index contributed by atoms with van der Waals surface area (Å²) in [5, 5.41) is 12.5. The molecule has 2 unspecified atom stereocenters. The number of aliphatic hydroxyl groups is 1. The lowest BCUT2D eigenvalue weighted by Gasteiger charge is -2.26. The summed E-state index contributed by atoms with van der Waals surface area (Å²) >= 11 is 0. The standard InChI is InChI=1S/C16H22NO4P/c1-3-20-22(19,21-4-2)16(18)15(17)14-10-9-12-7-5-6-8-13(12)11-14/h5-11,15-16,18H,3-4,17H2,1-2H3. The van der Waals surface area contributed by atoms with Crippen LogP contribution in [0.5, 0.6) is 0 Å². The van der Waals surface area contributed by atoms with Gasteiger partial charge in [0.05, 0.1) is 19.3 Å². The summed E-state index contributed by atoms with van der Waals surface area (Å²) in [5.41, 5.74) is 6.78. The second kappa shape index (κ2) is 7.36. The summed E-state index contributed by atoms with van der Waals surface area (Å²) < 4.78 is 22.9. The van der Waals surface area contributed by atoms with Crippen molar-refractivity contribution in [3.8, 4) is 0 Å². The van der Waals surface area contributed by atoms with Crippen LogP contribution in [-0.2, 0) is 13.6 Å². The Morgan fingerprint density at radius 1 is 1.09 bits per heavy atom. The van der Waals surface area contributed by atoms with Crippen molar-refractivity contribution >= 4 is 18.4 Å². The van der Waals surface area contributed by atoms with Crippen molar-refractivity contribution in [2.45, 2.75) is 25.7 Å². The van der Waals surface area contributed by atoms with Gasteiger partial charge in [0.2, 0.25) is 0 Å². The van der Waals surface area contributed by atoms with Gasteiger partial charge in [-0.15, -0.1) is 0 Å². The second-order valence-corrected chi connectivity index (χ2v) is 7.05. The number of benzene rings is 2. The van der Waals surface area contributed by atoms with Gasteiger partial charge in [-0.2, -0.15) is 0 Å². The highest BCUT2D eigenvalue weighted by molar-refractivity contribution is 7.54. The van der Waals surface area contributed by atoms with E-state index in [1.54, 1.807) is 13.8 Å². The second-order valence-electron chi connectivity index (χ2n) is 4.92. The molecule has 0 fully saturated rings. The fourth-order valence-electron chi connectivity index (χ4n) is 2.33. The van der Waals surface area contributed by atoms with Crippen LogP contribution >= 0.6 is 7.60 Å². The molecule has 5 nitrogen and oxygen atoms in total. The first-order valence-corrected chi connectivity index (χ1v) is 8.94. The van der Waals surface area contributed by atoms with Crippen LogP contribution in [0.1, 0.15) is 25.5 Å². The summed E-state index contributed by atoms with van der Waals surface area (Å²) in [6.07, 6.45) is 0. The van der Waals surface area contributed by atoms with Crippen LogP contribution in [0.15, 0.2) is 42.5 Å². The summed E-state index contributed by atoms with van der Waals surface area (Å²) in [5.74, 6) is -1.41. The largest absolute Gasteiger partial charge is 0.379 e. The minimum atomic E-state index is -3.66. The number of nitrogens with two attached hydrogens (primary N) is 1. The predicted octanol–water partition coefficient (Wildman–Crippen LogP) is 3.42. The van der Waals surface area contributed by atoms with Crippen LogP contribution in [0.3, 0.4) is 0 Å². The maximum absolute atomic E-state index is 12.6. The molecule has 0 amide bonds. The van der Waals surface area contributed by atoms with E-state index in [1.807, 2.05) is 42.5 Å². The number of rotatable bonds is 7. The molecule has 0 aliphatic heterocycles. The third-order valence-corrected chi connectivity index (χ3v) is 5.63. The highest BCUT2D eigenvalue weighted by Gasteiger charge is 2.39. The van der Waals surface area contributed by atoms with E-state index < -0.39 is 19.5 Å². The van der Waals surface area contributed by atoms with Gasteiger partial charge in [-0.25, -0.2) is 0 Å². The fourth-order valence-corrected chi connectivity index (χ4v) is 4.00. The molecule has 0 aliphatic rings. The highest BCUT2D eigenvalue weighted by Crippen LogP contribution is 2.55. The molecule has 2 aromatic rings. The van der Waals surface area contributed by atoms with E-state index >= 15 is 0 Å². The fraction of sp³-hybridized carbons (Fsp3) is 0.375. The summed E-state index contributed by atoms with van der Waals surface area (Å²) in [7, 11) is -3.66. The maximum atomic E-state index is 12.6. The Bertz CT molecular complexity index is 666. The van der Waals surface area contributed by atoms with Gasteiger partial charge >= 0.3 is 7.60 Å². The van der Waals surface area contributed by atoms with Crippen molar-refractivity contribution in [2.75, 3.05) is 13.2 Å². The molecule has 120 valence electrons. The zero-order chi connectivity index (χ0) is 16.2. The molecule has 2 rings (SSSR count). The van der Waals surface area contributed by atoms with Gasteiger partial charge in [0.25, 0.3) is 0 Å². The maximum Gasteiger partial charge on any atom is 0.360 e. The van der Waals surface area contributed by atoms with E-state index in [2.05, 4.69) is 0 Å². The molecule has 22 heavy (non-hydrogen) atoms. The van der Waals surface area contributed by atoms with Crippen LogP contribution in [0.4, 0.5) is 0 Å². The Hall–Kier alpha value is -1.23. The molecule has 3 N–H and O–H groups in total. The molecule has 0 aliphatic carbocycles. The molecule has 0 saturated heterocycles. The van der Waals surface area contributed by atoms with E-state index in [0.717, 1.165) is 10.8 Å². The Labute approximate surface area is 130 Å². The Morgan fingerprint density at radius 2 is 1.68 bits per heavy atom. The molecule has 2 aromatic carbocycles. The average molecular weight is 323 g/mol. The van der Waals surface area contributed by atoms with Gasteiger partial charge in [0, 0.05) is 0 Å². The lowest BCUT2D eigenvalue weighted by Crippen LogP contribution is -2.28. The number of hydrogen-bond acceptors (Lipinski definition) is 5. The van der Waals surface area contributed by atoms with Crippen molar-refractivity contribution in [1.82, 2.24) is 0 Å². The molecular formula is C16H22NO4P. The molecular weight excluding hydrogens is 301 g/mol. The van der Waals surface area contributed by atoms with Gasteiger partial charge in [-0.05, 0) is 36.2 Å². The molecule has 6 heteroatoms. The van der Waals surface area contributed by atoms with E-state index in [0.29, 0.717) is 5.56 Å². The third-order valence-electron chi connectivity index (χ3n) is 3.42. The number of hydrogen-bond donors (Lipinski definition) is 2. The smallest absolute Gasteiger partial charge is 0.360 e. The molecule has 2 atom stereocenters. The monoisotopic (exact) mass is 323 g/mol. The van der Waals surface area contributed by atoms with Crippen LogP contribution in [0, 0.1) is 0 Å². The molecule has 0 radical (unpaired) electrons. The van der Waals surface area contributed by atoms with E-state index in [-0.39, 0.29) is 13.2 Å². The predicted molar refractivity (Wildman–Crippen MR) is 87.7 cm³/mol. The van der Waals surface area contributed by atoms with Crippen molar-refractivity contribution in [3.05, 3.63) is 48.0 Å². The lowest BCUT2D eigenvalue weighted by molar-refractivity contribution is 0.134. The van der Waals surface area contributed by atoms with Crippen LogP contribution in [0.25, 0.3) is 10.8 Å². The van der Waals surface area contributed by atoms with Gasteiger partial charge in [0.1, 0.15) is 0 Å². The quantitative estimate of drug-likeness (QED) is 0.763. The van der Waals surface area contributed by atoms with Crippen LogP contribution in [0.2, 0.25) is 0 Å². The zero-order valence-electron chi connectivity index (χ0n) is 12.8. The van der Waals surface area contributed by atoms with Crippen LogP contribution in [-0.4, -0.2) is 24.2 Å². The molecule has 0 spiro atoms. The van der Waals surface area contributed by atoms with Gasteiger partial charge in [-0.1, -0.05) is 36.4 Å². The molecule has 0 heterocycles. The first kappa shape index (κ1) is 17.1. The topological polar surface area (TPSA) is 81.8 Å². The van der Waals surface area contributed by atoms with Gasteiger partial charge in [0.15, 0.2) is 5.85 Å². The minimum Gasteiger partial charge on any atom is -0.379 e. The minimum absolute atomic E-state index is 0.179. The Balaban J connectivity index is 2.31. The first-order chi connectivity index (χ1) is 10.5.